The van der Waals surface area contributed by atoms with Gasteiger partial charge in [0.1, 0.15) is 0 Å². The second-order valence-electron chi connectivity index (χ2n) is 2.38. The Morgan fingerprint density at radius 1 is 1.60 bits per heavy atom. The van der Waals surface area contributed by atoms with E-state index in [0.717, 1.165) is 0 Å². The summed E-state index contributed by atoms with van der Waals surface area (Å²) in [5.74, 6) is -1.57. The molecule has 1 heterocycles. The molecule has 4 heteroatoms. The highest BCUT2D eigenvalue weighted by molar-refractivity contribution is 5.70. The molecule has 0 aromatic rings. The molecular formula is C6H10O4. The van der Waals surface area contributed by atoms with Gasteiger partial charge in [0.25, 0.3) is 0 Å². The number of hydrogen-bond acceptors (Lipinski definition) is 3. The SMILES string of the molecule is O=C(O)[C@H]1CCOC[C@H]1O. The van der Waals surface area contributed by atoms with Gasteiger partial charge in [0, 0.05) is 6.61 Å². The number of carboxylic acid groups (broad SMARTS) is 1. The van der Waals surface area contributed by atoms with Crippen molar-refractivity contribution in [3.8, 4) is 0 Å². The second kappa shape index (κ2) is 2.98. The van der Waals surface area contributed by atoms with Gasteiger partial charge in [0.15, 0.2) is 0 Å². The number of aliphatic hydroxyl groups excluding tert-OH is 1. The highest BCUT2D eigenvalue weighted by atomic mass is 16.5. The van der Waals surface area contributed by atoms with Crippen LogP contribution in [0.4, 0.5) is 0 Å². The standard InChI is InChI=1S/C6H10O4/c7-5-3-10-2-1-4(5)6(8)9/h4-5,7H,1-3H2,(H,8,9)/t4-,5+/m0/s1. The molecule has 0 spiro atoms. The van der Waals surface area contributed by atoms with Crippen molar-refractivity contribution >= 4 is 5.97 Å². The average Bonchev–Trinajstić information content (AvgIpc) is 1.88. The van der Waals surface area contributed by atoms with Crippen molar-refractivity contribution in [2.45, 2.75) is 12.5 Å². The Morgan fingerprint density at radius 3 is 2.70 bits per heavy atom. The molecule has 10 heavy (non-hydrogen) atoms. The van der Waals surface area contributed by atoms with Gasteiger partial charge in [-0.25, -0.2) is 0 Å². The summed E-state index contributed by atoms with van der Waals surface area (Å²) in [6.45, 7) is 0.588. The zero-order valence-corrected chi connectivity index (χ0v) is 5.49. The molecule has 1 rings (SSSR count). The maximum Gasteiger partial charge on any atom is 0.309 e. The van der Waals surface area contributed by atoms with E-state index in [9.17, 15) is 4.79 Å². The Labute approximate surface area is 58.4 Å². The largest absolute Gasteiger partial charge is 0.481 e. The van der Waals surface area contributed by atoms with Gasteiger partial charge in [-0.2, -0.15) is 0 Å². The first-order valence-electron chi connectivity index (χ1n) is 3.20. The second-order valence-corrected chi connectivity index (χ2v) is 2.38. The Hall–Kier alpha value is -0.610. The summed E-state index contributed by atoms with van der Waals surface area (Å²) in [6.07, 6.45) is -0.414. The van der Waals surface area contributed by atoms with Gasteiger partial charge in [-0.15, -0.1) is 0 Å². The number of ether oxygens (including phenoxy) is 1. The molecule has 0 bridgehead atoms. The molecule has 1 saturated heterocycles. The molecule has 1 aliphatic rings. The van der Waals surface area contributed by atoms with Crippen LogP contribution in [0.3, 0.4) is 0 Å². The molecule has 0 radical (unpaired) electrons. The summed E-state index contributed by atoms with van der Waals surface area (Å²) >= 11 is 0. The van der Waals surface area contributed by atoms with E-state index in [4.69, 9.17) is 14.9 Å². The molecular weight excluding hydrogens is 136 g/mol. The summed E-state index contributed by atoms with van der Waals surface area (Å²) < 4.78 is 4.85. The fourth-order valence-electron chi connectivity index (χ4n) is 1.01. The van der Waals surface area contributed by atoms with E-state index in [1.807, 2.05) is 0 Å². The summed E-state index contributed by atoms with van der Waals surface area (Å²) in [4.78, 5) is 10.3. The lowest BCUT2D eigenvalue weighted by Crippen LogP contribution is -2.37. The molecule has 0 saturated carbocycles. The summed E-state index contributed by atoms with van der Waals surface area (Å²) in [6, 6.07) is 0. The van der Waals surface area contributed by atoms with Crippen LogP contribution in [0.15, 0.2) is 0 Å². The van der Waals surface area contributed by atoms with E-state index in [0.29, 0.717) is 13.0 Å². The average molecular weight is 146 g/mol. The maximum absolute atomic E-state index is 10.3. The van der Waals surface area contributed by atoms with Crippen LogP contribution in [0.25, 0.3) is 0 Å². The van der Waals surface area contributed by atoms with Crippen LogP contribution in [-0.4, -0.2) is 35.5 Å². The first kappa shape index (κ1) is 7.50. The van der Waals surface area contributed by atoms with E-state index in [1.165, 1.54) is 0 Å². The third-order valence-corrected chi connectivity index (χ3v) is 1.64. The highest BCUT2D eigenvalue weighted by Crippen LogP contribution is 2.14. The zero-order valence-electron chi connectivity index (χ0n) is 5.49. The minimum atomic E-state index is -0.934. The molecule has 2 atom stereocenters. The van der Waals surface area contributed by atoms with E-state index in [2.05, 4.69) is 0 Å². The molecule has 4 nitrogen and oxygen atoms in total. The third kappa shape index (κ3) is 1.46. The minimum absolute atomic E-state index is 0.150. The van der Waals surface area contributed by atoms with Crippen molar-refractivity contribution in [2.75, 3.05) is 13.2 Å². The normalized spacial score (nSPS) is 33.7. The Balaban J connectivity index is 2.47. The number of rotatable bonds is 1. The van der Waals surface area contributed by atoms with Crippen LogP contribution < -0.4 is 0 Å². The van der Waals surface area contributed by atoms with Crippen molar-refractivity contribution < 1.29 is 19.7 Å². The van der Waals surface area contributed by atoms with Crippen LogP contribution in [0.2, 0.25) is 0 Å². The molecule has 0 aliphatic carbocycles. The summed E-state index contributed by atoms with van der Waals surface area (Å²) in [7, 11) is 0. The maximum atomic E-state index is 10.3. The van der Waals surface area contributed by atoms with Crippen molar-refractivity contribution in [2.24, 2.45) is 5.92 Å². The Morgan fingerprint density at radius 2 is 2.30 bits per heavy atom. The lowest BCUT2D eigenvalue weighted by molar-refractivity contribution is -0.152. The van der Waals surface area contributed by atoms with E-state index in [1.54, 1.807) is 0 Å². The van der Waals surface area contributed by atoms with E-state index >= 15 is 0 Å². The molecule has 0 aromatic heterocycles. The van der Waals surface area contributed by atoms with Crippen molar-refractivity contribution in [1.82, 2.24) is 0 Å². The number of aliphatic hydroxyl groups is 1. The van der Waals surface area contributed by atoms with Crippen molar-refractivity contribution in [3.63, 3.8) is 0 Å². The Kier molecular flexibility index (Phi) is 2.24. The molecule has 0 amide bonds. The molecule has 0 aromatic carbocycles. The smallest absolute Gasteiger partial charge is 0.309 e. The number of hydrogen-bond donors (Lipinski definition) is 2. The van der Waals surface area contributed by atoms with Gasteiger partial charge in [-0.05, 0) is 6.42 Å². The third-order valence-electron chi connectivity index (χ3n) is 1.64. The van der Waals surface area contributed by atoms with Gasteiger partial charge in [-0.3, -0.25) is 4.79 Å². The van der Waals surface area contributed by atoms with E-state index in [-0.39, 0.29) is 6.61 Å². The topological polar surface area (TPSA) is 66.8 Å². The molecule has 0 unspecified atom stereocenters. The quantitative estimate of drug-likeness (QED) is 0.521. The van der Waals surface area contributed by atoms with Gasteiger partial charge < -0.3 is 14.9 Å². The van der Waals surface area contributed by atoms with Gasteiger partial charge in [0.05, 0.1) is 18.6 Å². The number of aliphatic carboxylic acids is 1. The predicted molar refractivity (Wildman–Crippen MR) is 32.6 cm³/mol. The van der Waals surface area contributed by atoms with Crippen molar-refractivity contribution in [1.29, 1.82) is 0 Å². The molecule has 1 fully saturated rings. The van der Waals surface area contributed by atoms with Crippen LogP contribution in [0, 0.1) is 5.92 Å². The Bertz CT molecular complexity index is 134. The van der Waals surface area contributed by atoms with Crippen LogP contribution in [-0.2, 0) is 9.53 Å². The molecule has 58 valence electrons. The fourth-order valence-corrected chi connectivity index (χ4v) is 1.01. The molecule has 1 aliphatic heterocycles. The highest BCUT2D eigenvalue weighted by Gasteiger charge is 2.29. The van der Waals surface area contributed by atoms with Crippen LogP contribution in [0.1, 0.15) is 6.42 Å². The summed E-state index contributed by atoms with van der Waals surface area (Å²) in [5.41, 5.74) is 0. The van der Waals surface area contributed by atoms with Gasteiger partial charge in [-0.1, -0.05) is 0 Å². The zero-order chi connectivity index (χ0) is 7.56. The summed E-state index contributed by atoms with van der Waals surface area (Å²) in [5, 5.41) is 17.5. The van der Waals surface area contributed by atoms with Gasteiger partial charge >= 0.3 is 5.97 Å². The lowest BCUT2D eigenvalue weighted by Gasteiger charge is -2.23. The van der Waals surface area contributed by atoms with E-state index < -0.39 is 18.0 Å². The number of carboxylic acids is 1. The first-order chi connectivity index (χ1) is 4.72. The monoisotopic (exact) mass is 146 g/mol. The predicted octanol–water partition coefficient (Wildman–Crippen LogP) is -0.532. The van der Waals surface area contributed by atoms with Crippen molar-refractivity contribution in [3.05, 3.63) is 0 Å². The number of carbonyl (C=O) groups is 1. The van der Waals surface area contributed by atoms with Crippen LogP contribution in [0.5, 0.6) is 0 Å². The van der Waals surface area contributed by atoms with Gasteiger partial charge in [0.2, 0.25) is 0 Å². The molecule has 2 N–H and O–H groups in total. The fraction of sp³-hybridized carbons (Fsp3) is 0.833. The lowest BCUT2D eigenvalue weighted by atomic mass is 9.98. The van der Waals surface area contributed by atoms with Crippen LogP contribution >= 0.6 is 0 Å². The first-order valence-corrected chi connectivity index (χ1v) is 3.20. The minimum Gasteiger partial charge on any atom is -0.481 e.